The van der Waals surface area contributed by atoms with E-state index in [9.17, 15) is 15.0 Å². The van der Waals surface area contributed by atoms with Crippen molar-refractivity contribution in [3.05, 3.63) is 23.8 Å². The molecule has 1 atom stereocenters. The third-order valence-corrected chi connectivity index (χ3v) is 3.79. The highest BCUT2D eigenvalue weighted by Gasteiger charge is 2.39. The highest BCUT2D eigenvalue weighted by atomic mass is 16.3. The Morgan fingerprint density at radius 3 is 2.70 bits per heavy atom. The Balaban J connectivity index is 1.74. The van der Waals surface area contributed by atoms with Crippen molar-refractivity contribution in [2.24, 2.45) is 10.2 Å². The number of phenolic OH excluding ortho intramolecular Hbond substituents is 2. The molecule has 23 heavy (non-hydrogen) atoms. The van der Waals surface area contributed by atoms with Crippen LogP contribution in [0, 0.1) is 12.3 Å². The number of nitrogens with zero attached hydrogens (tertiary/aromatic N) is 2. The van der Waals surface area contributed by atoms with E-state index in [1.807, 2.05) is 6.92 Å². The third kappa shape index (κ3) is 4.99. The zero-order valence-electron chi connectivity index (χ0n) is 13.1. The number of aromatic hydroxyl groups is 2. The highest BCUT2D eigenvalue weighted by molar-refractivity contribution is 5.76. The lowest BCUT2D eigenvalue weighted by Gasteiger charge is -2.15. The standard InChI is InChI=1S/C17H21N3O3/c1-3-4-8-17(19-20-17)9-7-16(23)18-12(2)10-13-5-6-14(21)15(22)11-13/h1,5-6,11-12,21-22H,4,7-10H2,2H3,(H,18,23). The number of hydrogen-bond acceptors (Lipinski definition) is 5. The monoisotopic (exact) mass is 315 g/mol. The van der Waals surface area contributed by atoms with E-state index in [2.05, 4.69) is 21.5 Å². The molecule has 1 amide bonds. The van der Waals surface area contributed by atoms with Gasteiger partial charge in [0.2, 0.25) is 5.91 Å². The lowest BCUT2D eigenvalue weighted by atomic mass is 10.0. The van der Waals surface area contributed by atoms with Gasteiger partial charge in [0.15, 0.2) is 17.2 Å². The number of amides is 1. The second-order valence-corrected chi connectivity index (χ2v) is 5.88. The normalized spacial score (nSPS) is 15.7. The Morgan fingerprint density at radius 2 is 2.09 bits per heavy atom. The third-order valence-electron chi connectivity index (χ3n) is 3.79. The van der Waals surface area contributed by atoms with E-state index < -0.39 is 5.66 Å². The molecule has 0 aliphatic carbocycles. The van der Waals surface area contributed by atoms with Crippen molar-refractivity contribution in [1.82, 2.24) is 5.32 Å². The molecule has 0 aromatic heterocycles. The molecule has 1 unspecified atom stereocenters. The first-order valence-corrected chi connectivity index (χ1v) is 7.62. The minimum absolute atomic E-state index is 0.0575. The van der Waals surface area contributed by atoms with E-state index in [0.29, 0.717) is 32.1 Å². The van der Waals surface area contributed by atoms with Gasteiger partial charge in [0.05, 0.1) is 0 Å². The molecule has 0 saturated carbocycles. The summed E-state index contributed by atoms with van der Waals surface area (Å²) in [5.41, 5.74) is 0.404. The van der Waals surface area contributed by atoms with Gasteiger partial charge in [-0.3, -0.25) is 4.79 Å². The summed E-state index contributed by atoms with van der Waals surface area (Å²) < 4.78 is 0. The fourth-order valence-corrected chi connectivity index (χ4v) is 2.43. The van der Waals surface area contributed by atoms with Crippen molar-refractivity contribution < 1.29 is 15.0 Å². The molecule has 3 N–H and O–H groups in total. The van der Waals surface area contributed by atoms with Crippen molar-refractivity contribution >= 4 is 5.91 Å². The zero-order chi connectivity index (χ0) is 16.9. The van der Waals surface area contributed by atoms with Gasteiger partial charge in [-0.15, -0.1) is 12.3 Å². The molecule has 122 valence electrons. The summed E-state index contributed by atoms with van der Waals surface area (Å²) in [5, 5.41) is 29.7. The minimum Gasteiger partial charge on any atom is -0.504 e. The van der Waals surface area contributed by atoms with E-state index >= 15 is 0 Å². The van der Waals surface area contributed by atoms with E-state index in [0.717, 1.165) is 5.56 Å². The van der Waals surface area contributed by atoms with Gasteiger partial charge in [-0.25, -0.2) is 0 Å². The van der Waals surface area contributed by atoms with Crippen LogP contribution in [0.4, 0.5) is 0 Å². The van der Waals surface area contributed by atoms with Gasteiger partial charge in [-0.1, -0.05) is 6.07 Å². The molecule has 6 heteroatoms. The van der Waals surface area contributed by atoms with Gasteiger partial charge >= 0.3 is 0 Å². The molecule has 0 radical (unpaired) electrons. The maximum absolute atomic E-state index is 12.0. The largest absolute Gasteiger partial charge is 0.504 e. The van der Waals surface area contributed by atoms with Crippen molar-refractivity contribution in [2.45, 2.75) is 50.7 Å². The molecule has 6 nitrogen and oxygen atoms in total. The molecule has 0 bridgehead atoms. The van der Waals surface area contributed by atoms with Crippen LogP contribution in [0.25, 0.3) is 0 Å². The van der Waals surface area contributed by atoms with Crippen LogP contribution >= 0.6 is 0 Å². The molecule has 1 aliphatic rings. The van der Waals surface area contributed by atoms with Crippen LogP contribution < -0.4 is 5.32 Å². The average molecular weight is 315 g/mol. The second-order valence-electron chi connectivity index (χ2n) is 5.88. The molecule has 0 spiro atoms. The Labute approximate surface area is 135 Å². The Bertz CT molecular complexity index is 643. The molecule has 2 rings (SSSR count). The lowest BCUT2D eigenvalue weighted by molar-refractivity contribution is -0.121. The fraction of sp³-hybridized carbons (Fsp3) is 0.471. The predicted molar refractivity (Wildman–Crippen MR) is 86.0 cm³/mol. The summed E-state index contributed by atoms with van der Waals surface area (Å²) >= 11 is 0. The Kier molecular flexibility index (Phi) is 5.22. The number of hydrogen-bond donors (Lipinski definition) is 3. The molecule has 1 heterocycles. The summed E-state index contributed by atoms with van der Waals surface area (Å²) in [6, 6.07) is 4.56. The summed E-state index contributed by atoms with van der Waals surface area (Å²) in [4.78, 5) is 12.0. The van der Waals surface area contributed by atoms with Gasteiger partial charge in [0.1, 0.15) is 0 Å². The number of rotatable bonds is 8. The Morgan fingerprint density at radius 1 is 1.35 bits per heavy atom. The molecule has 0 saturated heterocycles. The molecular formula is C17H21N3O3. The first kappa shape index (κ1) is 16.8. The van der Waals surface area contributed by atoms with Gasteiger partial charge in [-0.2, -0.15) is 10.2 Å². The van der Waals surface area contributed by atoms with Gasteiger partial charge in [0, 0.05) is 31.7 Å². The maximum Gasteiger partial charge on any atom is 0.220 e. The fourth-order valence-electron chi connectivity index (χ4n) is 2.43. The van der Waals surface area contributed by atoms with E-state index in [1.54, 1.807) is 6.07 Å². The molecule has 0 fully saturated rings. The van der Waals surface area contributed by atoms with Crippen LogP contribution in [-0.2, 0) is 11.2 Å². The molecule has 1 aliphatic heterocycles. The quantitative estimate of drug-likeness (QED) is 0.508. The molecule has 1 aromatic rings. The van der Waals surface area contributed by atoms with E-state index in [4.69, 9.17) is 6.42 Å². The molecule has 1 aromatic carbocycles. The van der Waals surface area contributed by atoms with Crippen LogP contribution in [0.2, 0.25) is 0 Å². The molecular weight excluding hydrogens is 294 g/mol. The van der Waals surface area contributed by atoms with Crippen molar-refractivity contribution in [3.63, 3.8) is 0 Å². The van der Waals surface area contributed by atoms with Crippen molar-refractivity contribution in [3.8, 4) is 23.8 Å². The topological polar surface area (TPSA) is 94.3 Å². The number of benzene rings is 1. The van der Waals surface area contributed by atoms with Crippen LogP contribution in [0.3, 0.4) is 0 Å². The van der Waals surface area contributed by atoms with Gasteiger partial charge < -0.3 is 15.5 Å². The number of terminal acetylenes is 1. The van der Waals surface area contributed by atoms with Crippen LogP contribution in [0.15, 0.2) is 28.4 Å². The second kappa shape index (κ2) is 7.14. The van der Waals surface area contributed by atoms with E-state index in [-0.39, 0.29) is 23.4 Å². The summed E-state index contributed by atoms with van der Waals surface area (Å²) in [6.45, 7) is 1.89. The first-order chi connectivity index (χ1) is 10.9. The van der Waals surface area contributed by atoms with E-state index in [1.165, 1.54) is 12.1 Å². The number of carbonyl (C=O) groups excluding carboxylic acids is 1. The summed E-state index contributed by atoms with van der Waals surface area (Å²) in [7, 11) is 0. The summed E-state index contributed by atoms with van der Waals surface area (Å²) in [5.74, 6) is 2.19. The SMILES string of the molecule is C#CCCC1(CCC(=O)NC(C)Cc2ccc(O)c(O)c2)N=N1. The van der Waals surface area contributed by atoms with Crippen LogP contribution in [0.5, 0.6) is 11.5 Å². The Hall–Kier alpha value is -2.55. The average Bonchev–Trinajstić information content (AvgIpc) is 3.27. The van der Waals surface area contributed by atoms with Crippen molar-refractivity contribution in [1.29, 1.82) is 0 Å². The number of nitrogens with one attached hydrogen (secondary N) is 1. The van der Waals surface area contributed by atoms with Gasteiger partial charge in [0.25, 0.3) is 0 Å². The zero-order valence-corrected chi connectivity index (χ0v) is 13.1. The number of phenols is 2. The predicted octanol–water partition coefficient (Wildman–Crippen LogP) is 2.50. The smallest absolute Gasteiger partial charge is 0.220 e. The first-order valence-electron chi connectivity index (χ1n) is 7.62. The minimum atomic E-state index is -0.435. The lowest BCUT2D eigenvalue weighted by Crippen LogP contribution is -2.34. The summed E-state index contributed by atoms with van der Waals surface area (Å²) in [6.07, 6.45) is 8.03. The highest BCUT2D eigenvalue weighted by Crippen LogP contribution is 2.37. The maximum atomic E-state index is 12.0. The van der Waals surface area contributed by atoms with Gasteiger partial charge in [-0.05, 0) is 31.0 Å². The number of carbonyl (C=O) groups is 1. The van der Waals surface area contributed by atoms with Crippen LogP contribution in [-0.4, -0.2) is 27.8 Å². The van der Waals surface area contributed by atoms with Crippen LogP contribution in [0.1, 0.15) is 38.2 Å². The van der Waals surface area contributed by atoms with Crippen molar-refractivity contribution in [2.75, 3.05) is 0 Å².